The molecular weight excluding hydrogens is 429 g/mol. The van der Waals surface area contributed by atoms with Crippen LogP contribution < -0.4 is 9.62 Å². The number of nitrogens with one attached hydrogen (secondary N) is 1. The molecule has 160 valence electrons. The van der Waals surface area contributed by atoms with E-state index < -0.39 is 34.2 Å². The Balaban J connectivity index is 1.68. The minimum atomic E-state index is -4.56. The summed E-state index contributed by atoms with van der Waals surface area (Å²) in [6.07, 6.45) is -4.56. The summed E-state index contributed by atoms with van der Waals surface area (Å²) in [5.74, 6) is -0.756. The highest BCUT2D eigenvalue weighted by atomic mass is 32.2. The minimum Gasteiger partial charge on any atom is -0.325 e. The number of rotatable bonds is 3. The maximum atomic E-state index is 13.2. The zero-order valence-corrected chi connectivity index (χ0v) is 17.1. The highest BCUT2D eigenvalue weighted by Crippen LogP contribution is 2.43. The van der Waals surface area contributed by atoms with Crippen molar-refractivity contribution in [1.29, 1.82) is 0 Å². The second-order valence-electron chi connectivity index (χ2n) is 7.16. The van der Waals surface area contributed by atoms with Crippen LogP contribution >= 0.6 is 0 Å². The molecule has 0 saturated heterocycles. The van der Waals surface area contributed by atoms with Gasteiger partial charge >= 0.3 is 6.18 Å². The van der Waals surface area contributed by atoms with Crippen LogP contribution in [0.5, 0.6) is 0 Å². The number of amides is 1. The molecule has 0 unspecified atom stereocenters. The Morgan fingerprint density at radius 2 is 1.71 bits per heavy atom. The van der Waals surface area contributed by atoms with Crippen molar-refractivity contribution in [3.8, 4) is 11.1 Å². The van der Waals surface area contributed by atoms with Gasteiger partial charge in [0.25, 0.3) is 10.0 Å². The number of anilines is 2. The van der Waals surface area contributed by atoms with Crippen LogP contribution in [0.25, 0.3) is 11.1 Å². The van der Waals surface area contributed by atoms with Gasteiger partial charge in [-0.2, -0.15) is 13.2 Å². The first-order chi connectivity index (χ1) is 14.6. The molecule has 0 aliphatic carbocycles. The van der Waals surface area contributed by atoms with Gasteiger partial charge in [-0.15, -0.1) is 0 Å². The van der Waals surface area contributed by atoms with Crippen molar-refractivity contribution in [3.05, 3.63) is 77.9 Å². The number of fused-ring (bicyclic) bond motifs is 3. The van der Waals surface area contributed by atoms with Gasteiger partial charge in [-0.3, -0.25) is 9.10 Å². The molecule has 3 aromatic rings. The van der Waals surface area contributed by atoms with Crippen molar-refractivity contribution < 1.29 is 26.4 Å². The van der Waals surface area contributed by atoms with Crippen LogP contribution in [0.4, 0.5) is 24.5 Å². The van der Waals surface area contributed by atoms with Crippen LogP contribution in [0, 0.1) is 6.92 Å². The Bertz CT molecular complexity index is 1290. The van der Waals surface area contributed by atoms with Gasteiger partial charge in [0, 0.05) is 16.8 Å². The van der Waals surface area contributed by atoms with Gasteiger partial charge in [-0.25, -0.2) is 8.42 Å². The van der Waals surface area contributed by atoms with Crippen LogP contribution in [-0.2, 0) is 21.0 Å². The van der Waals surface area contributed by atoms with Crippen molar-refractivity contribution in [1.82, 2.24) is 0 Å². The summed E-state index contributed by atoms with van der Waals surface area (Å²) in [5, 5.41) is 2.36. The predicted molar refractivity (Wildman–Crippen MR) is 111 cm³/mol. The average molecular weight is 446 g/mol. The lowest BCUT2D eigenvalue weighted by molar-refractivity contribution is -0.137. The lowest BCUT2D eigenvalue weighted by atomic mass is 10.0. The van der Waals surface area contributed by atoms with Crippen molar-refractivity contribution in [2.75, 3.05) is 16.2 Å². The SMILES string of the molecule is Cc1ccc2c(c1)-c1ccccc1S(=O)(=O)N2CC(=O)Nc1cccc(C(F)(F)F)c1. The third-order valence-corrected chi connectivity index (χ3v) is 6.74. The smallest absolute Gasteiger partial charge is 0.325 e. The molecule has 0 atom stereocenters. The zero-order valence-electron chi connectivity index (χ0n) is 16.3. The zero-order chi connectivity index (χ0) is 22.4. The first-order valence-electron chi connectivity index (χ1n) is 9.27. The molecule has 0 spiro atoms. The number of hydrogen-bond acceptors (Lipinski definition) is 3. The molecule has 0 radical (unpaired) electrons. The van der Waals surface area contributed by atoms with Gasteiger partial charge in [-0.05, 0) is 43.3 Å². The van der Waals surface area contributed by atoms with E-state index in [9.17, 15) is 26.4 Å². The molecule has 3 aromatic carbocycles. The number of sulfonamides is 1. The summed E-state index contributed by atoms with van der Waals surface area (Å²) in [6, 6.07) is 15.9. The second kappa shape index (κ2) is 7.42. The molecule has 1 amide bonds. The number of aryl methyl sites for hydroxylation is 1. The quantitative estimate of drug-likeness (QED) is 0.627. The highest BCUT2D eigenvalue weighted by Gasteiger charge is 2.36. The Hall–Kier alpha value is -3.33. The number of carbonyl (C=O) groups is 1. The Morgan fingerprint density at radius 1 is 0.968 bits per heavy atom. The normalized spacial score (nSPS) is 14.5. The van der Waals surface area contributed by atoms with E-state index in [0.29, 0.717) is 16.8 Å². The Morgan fingerprint density at radius 3 is 2.45 bits per heavy atom. The lowest BCUT2D eigenvalue weighted by Crippen LogP contribution is -2.40. The van der Waals surface area contributed by atoms with E-state index in [1.165, 1.54) is 18.2 Å². The maximum Gasteiger partial charge on any atom is 0.416 e. The molecule has 0 fully saturated rings. The number of halogens is 3. The molecule has 1 aliphatic rings. The molecule has 5 nitrogen and oxygen atoms in total. The number of nitrogens with zero attached hydrogens (tertiary/aromatic N) is 1. The lowest BCUT2D eigenvalue weighted by Gasteiger charge is -2.31. The Kier molecular flexibility index (Phi) is 5.01. The number of carbonyl (C=O) groups excluding carboxylic acids is 1. The fraction of sp³-hybridized carbons (Fsp3) is 0.136. The van der Waals surface area contributed by atoms with Crippen molar-refractivity contribution in [2.45, 2.75) is 18.0 Å². The minimum absolute atomic E-state index is 0.0694. The monoisotopic (exact) mass is 446 g/mol. The first kappa shape index (κ1) is 20.9. The average Bonchev–Trinajstić information content (AvgIpc) is 2.71. The number of benzene rings is 3. The topological polar surface area (TPSA) is 66.5 Å². The maximum absolute atomic E-state index is 13.2. The van der Waals surface area contributed by atoms with E-state index in [1.807, 2.05) is 13.0 Å². The largest absolute Gasteiger partial charge is 0.416 e. The van der Waals surface area contributed by atoms with Crippen molar-refractivity contribution in [3.63, 3.8) is 0 Å². The summed E-state index contributed by atoms with van der Waals surface area (Å²) >= 11 is 0. The Labute approximate surface area is 177 Å². The molecule has 0 saturated carbocycles. The standard InChI is InChI=1S/C22H17F3N2O3S/c1-14-9-10-19-18(11-14)17-7-2-3-8-20(17)31(29,30)27(19)13-21(28)26-16-6-4-5-15(12-16)22(23,24)25/h2-12H,13H2,1H3,(H,26,28). The van der Waals surface area contributed by atoms with Crippen LogP contribution in [0.2, 0.25) is 0 Å². The van der Waals surface area contributed by atoms with Gasteiger partial charge < -0.3 is 5.32 Å². The summed E-state index contributed by atoms with van der Waals surface area (Å²) in [5.41, 5.74) is 1.47. The molecule has 1 heterocycles. The molecule has 9 heteroatoms. The first-order valence-corrected chi connectivity index (χ1v) is 10.7. The van der Waals surface area contributed by atoms with Crippen LogP contribution in [-0.4, -0.2) is 20.9 Å². The number of hydrogen-bond donors (Lipinski definition) is 1. The number of alkyl halides is 3. The fourth-order valence-corrected chi connectivity index (χ4v) is 5.17. The van der Waals surface area contributed by atoms with Gasteiger partial charge in [0.15, 0.2) is 0 Å². The summed E-state index contributed by atoms with van der Waals surface area (Å²) in [4.78, 5) is 12.7. The van der Waals surface area contributed by atoms with Crippen LogP contribution in [0.1, 0.15) is 11.1 Å². The third-order valence-electron chi connectivity index (χ3n) is 4.93. The van der Waals surface area contributed by atoms with E-state index in [4.69, 9.17) is 0 Å². The van der Waals surface area contributed by atoms with E-state index in [2.05, 4.69) is 5.32 Å². The van der Waals surface area contributed by atoms with Gasteiger partial charge in [0.1, 0.15) is 6.54 Å². The molecule has 4 rings (SSSR count). The van der Waals surface area contributed by atoms with E-state index in [0.717, 1.165) is 22.0 Å². The van der Waals surface area contributed by atoms with E-state index in [-0.39, 0.29) is 10.6 Å². The van der Waals surface area contributed by atoms with Gasteiger partial charge in [-0.1, -0.05) is 35.9 Å². The van der Waals surface area contributed by atoms with E-state index in [1.54, 1.807) is 30.3 Å². The van der Waals surface area contributed by atoms with Crippen molar-refractivity contribution in [2.24, 2.45) is 0 Å². The molecule has 31 heavy (non-hydrogen) atoms. The molecule has 0 bridgehead atoms. The third kappa shape index (κ3) is 3.88. The van der Waals surface area contributed by atoms with E-state index >= 15 is 0 Å². The molecular formula is C22H17F3N2O3S. The molecule has 0 aromatic heterocycles. The van der Waals surface area contributed by atoms with Crippen LogP contribution in [0.15, 0.2) is 71.6 Å². The summed E-state index contributed by atoms with van der Waals surface area (Å²) in [6.45, 7) is 1.29. The fourth-order valence-electron chi connectivity index (χ4n) is 3.52. The summed E-state index contributed by atoms with van der Waals surface area (Å²) in [7, 11) is -4.04. The second-order valence-corrected chi connectivity index (χ2v) is 8.99. The molecule has 1 N–H and O–H groups in total. The van der Waals surface area contributed by atoms with Gasteiger partial charge in [0.05, 0.1) is 16.1 Å². The van der Waals surface area contributed by atoms with Crippen molar-refractivity contribution >= 4 is 27.3 Å². The highest BCUT2D eigenvalue weighted by molar-refractivity contribution is 7.93. The molecule has 1 aliphatic heterocycles. The summed E-state index contributed by atoms with van der Waals surface area (Å²) < 4.78 is 66.2. The predicted octanol–water partition coefficient (Wildman–Crippen LogP) is 4.83. The van der Waals surface area contributed by atoms with Gasteiger partial charge in [0.2, 0.25) is 5.91 Å². The van der Waals surface area contributed by atoms with Crippen LogP contribution in [0.3, 0.4) is 0 Å².